The van der Waals surface area contributed by atoms with Crippen molar-refractivity contribution < 1.29 is 4.74 Å². The lowest BCUT2D eigenvalue weighted by atomic mass is 9.98. The number of hydrogen-bond acceptors (Lipinski definition) is 3. The molecule has 0 saturated carbocycles. The van der Waals surface area contributed by atoms with Crippen molar-refractivity contribution >= 4 is 0 Å². The maximum absolute atomic E-state index is 5.95. The first-order valence-electron chi connectivity index (χ1n) is 7.64. The number of benzene rings is 1. The van der Waals surface area contributed by atoms with Crippen molar-refractivity contribution in [2.24, 2.45) is 0 Å². The minimum Gasteiger partial charge on any atom is -0.493 e. The summed E-state index contributed by atoms with van der Waals surface area (Å²) in [5.41, 5.74) is 3.77. The lowest BCUT2D eigenvalue weighted by Gasteiger charge is -2.24. The van der Waals surface area contributed by atoms with E-state index < -0.39 is 0 Å². The Morgan fingerprint density at radius 2 is 2.05 bits per heavy atom. The van der Waals surface area contributed by atoms with Crippen molar-refractivity contribution in [2.45, 2.75) is 38.8 Å². The highest BCUT2D eigenvalue weighted by atomic mass is 16.5. The first-order valence-corrected chi connectivity index (χ1v) is 7.64. The molecule has 1 N–H and O–H groups in total. The summed E-state index contributed by atoms with van der Waals surface area (Å²) >= 11 is 0. The summed E-state index contributed by atoms with van der Waals surface area (Å²) in [5, 5.41) is 3.75. The van der Waals surface area contributed by atoms with Crippen LogP contribution < -0.4 is 10.1 Å². The molecular weight excluding hydrogens is 260 g/mol. The normalized spacial score (nSPS) is 19.2. The van der Waals surface area contributed by atoms with Gasteiger partial charge >= 0.3 is 0 Å². The van der Waals surface area contributed by atoms with Crippen LogP contribution in [0.5, 0.6) is 5.75 Å². The van der Waals surface area contributed by atoms with Crippen LogP contribution in [0.4, 0.5) is 0 Å². The zero-order chi connectivity index (χ0) is 14.7. The number of pyridine rings is 1. The monoisotopic (exact) mass is 282 g/mol. The Bertz CT molecular complexity index is 597. The molecule has 110 valence electrons. The van der Waals surface area contributed by atoms with E-state index in [0.717, 1.165) is 25.2 Å². The van der Waals surface area contributed by atoms with Crippen LogP contribution in [-0.4, -0.2) is 11.6 Å². The van der Waals surface area contributed by atoms with E-state index in [2.05, 4.69) is 54.5 Å². The molecule has 2 atom stereocenters. The molecule has 1 unspecified atom stereocenters. The van der Waals surface area contributed by atoms with E-state index in [-0.39, 0.29) is 0 Å². The van der Waals surface area contributed by atoms with Crippen molar-refractivity contribution in [3.63, 3.8) is 0 Å². The Balaban J connectivity index is 1.84. The van der Waals surface area contributed by atoms with Crippen LogP contribution in [-0.2, 0) is 0 Å². The molecule has 3 heteroatoms. The smallest absolute Gasteiger partial charge is 0.126 e. The standard InChI is InChI=1S/C18H22N2O/c1-13-5-3-6-16-17(7-4-12-21-18(13)16)20-14(2)15-8-10-19-11-9-15/h3,5-6,8-11,14,17,20H,4,7,12H2,1-2H3/t14-,17?/m1/s1. The largest absolute Gasteiger partial charge is 0.493 e. The molecule has 0 aliphatic carbocycles. The number of fused-ring (bicyclic) bond motifs is 1. The van der Waals surface area contributed by atoms with Crippen LogP contribution in [0.25, 0.3) is 0 Å². The molecule has 3 rings (SSSR count). The number of nitrogens with one attached hydrogen (secondary N) is 1. The zero-order valence-electron chi connectivity index (χ0n) is 12.7. The van der Waals surface area contributed by atoms with Crippen LogP contribution >= 0.6 is 0 Å². The molecule has 1 aromatic carbocycles. The van der Waals surface area contributed by atoms with Crippen LogP contribution in [0.3, 0.4) is 0 Å². The van der Waals surface area contributed by atoms with Gasteiger partial charge in [-0.25, -0.2) is 0 Å². The zero-order valence-corrected chi connectivity index (χ0v) is 12.7. The first kappa shape index (κ1) is 14.1. The van der Waals surface area contributed by atoms with Gasteiger partial charge in [0.2, 0.25) is 0 Å². The van der Waals surface area contributed by atoms with Gasteiger partial charge in [-0.05, 0) is 49.9 Å². The number of nitrogens with zero attached hydrogens (tertiary/aromatic N) is 1. The summed E-state index contributed by atoms with van der Waals surface area (Å²) in [6.45, 7) is 5.13. The molecule has 1 aromatic heterocycles. The van der Waals surface area contributed by atoms with E-state index in [1.54, 1.807) is 0 Å². The second kappa shape index (κ2) is 6.27. The number of para-hydroxylation sites is 1. The summed E-state index contributed by atoms with van der Waals surface area (Å²) in [5.74, 6) is 1.06. The molecule has 21 heavy (non-hydrogen) atoms. The molecule has 1 aliphatic heterocycles. The number of hydrogen-bond donors (Lipinski definition) is 1. The quantitative estimate of drug-likeness (QED) is 0.925. The Kier molecular flexibility index (Phi) is 4.20. The number of aryl methyl sites for hydroxylation is 1. The number of ether oxygens (including phenoxy) is 1. The minimum absolute atomic E-state index is 0.296. The predicted octanol–water partition coefficient (Wildman–Crippen LogP) is 3.95. The topological polar surface area (TPSA) is 34.1 Å². The predicted molar refractivity (Wildman–Crippen MR) is 84.4 cm³/mol. The summed E-state index contributed by atoms with van der Waals surface area (Å²) < 4.78 is 5.95. The van der Waals surface area contributed by atoms with Crippen LogP contribution in [0.1, 0.15) is 48.5 Å². The number of aromatic nitrogens is 1. The van der Waals surface area contributed by atoms with Crippen molar-refractivity contribution in [3.05, 3.63) is 59.4 Å². The van der Waals surface area contributed by atoms with Gasteiger partial charge in [0.25, 0.3) is 0 Å². The molecule has 0 spiro atoms. The summed E-state index contributed by atoms with van der Waals surface area (Å²) in [4.78, 5) is 4.09. The van der Waals surface area contributed by atoms with Gasteiger partial charge in [-0.1, -0.05) is 18.2 Å². The Hall–Kier alpha value is -1.87. The number of rotatable bonds is 3. The van der Waals surface area contributed by atoms with Gasteiger partial charge < -0.3 is 10.1 Å². The molecule has 2 heterocycles. The first-order chi connectivity index (χ1) is 10.3. The van der Waals surface area contributed by atoms with E-state index in [9.17, 15) is 0 Å². The fraction of sp³-hybridized carbons (Fsp3) is 0.389. The fourth-order valence-corrected chi connectivity index (χ4v) is 2.99. The SMILES string of the molecule is Cc1cccc2c1OCCCC2N[C@H](C)c1ccncc1. The van der Waals surface area contributed by atoms with Crippen molar-refractivity contribution in [1.29, 1.82) is 0 Å². The molecular formula is C18H22N2O. The van der Waals surface area contributed by atoms with Gasteiger partial charge in [0.05, 0.1) is 6.61 Å². The third-order valence-electron chi connectivity index (χ3n) is 4.16. The molecule has 1 aliphatic rings. The fourth-order valence-electron chi connectivity index (χ4n) is 2.99. The van der Waals surface area contributed by atoms with E-state index in [1.807, 2.05) is 12.4 Å². The molecule has 0 bridgehead atoms. The van der Waals surface area contributed by atoms with Crippen LogP contribution in [0, 0.1) is 6.92 Å². The summed E-state index contributed by atoms with van der Waals surface area (Å²) in [6, 6.07) is 11.2. The van der Waals surface area contributed by atoms with Crippen molar-refractivity contribution in [2.75, 3.05) is 6.61 Å². The minimum atomic E-state index is 0.296. The van der Waals surface area contributed by atoms with Gasteiger partial charge in [0, 0.05) is 30.0 Å². The van der Waals surface area contributed by atoms with E-state index in [0.29, 0.717) is 12.1 Å². The average Bonchev–Trinajstić information content (AvgIpc) is 2.72. The van der Waals surface area contributed by atoms with Gasteiger partial charge in [0.1, 0.15) is 5.75 Å². The third-order valence-corrected chi connectivity index (χ3v) is 4.16. The molecule has 2 aromatic rings. The molecule has 0 saturated heterocycles. The van der Waals surface area contributed by atoms with Crippen molar-refractivity contribution in [1.82, 2.24) is 10.3 Å². The molecule has 3 nitrogen and oxygen atoms in total. The lowest BCUT2D eigenvalue weighted by Crippen LogP contribution is -2.24. The Labute approximate surface area is 126 Å². The lowest BCUT2D eigenvalue weighted by molar-refractivity contribution is 0.312. The van der Waals surface area contributed by atoms with E-state index in [4.69, 9.17) is 4.74 Å². The Morgan fingerprint density at radius 3 is 2.86 bits per heavy atom. The van der Waals surface area contributed by atoms with Gasteiger partial charge in [-0.15, -0.1) is 0 Å². The summed E-state index contributed by atoms with van der Waals surface area (Å²) in [6.07, 6.45) is 5.88. The maximum Gasteiger partial charge on any atom is 0.126 e. The Morgan fingerprint density at radius 1 is 1.24 bits per heavy atom. The summed E-state index contributed by atoms with van der Waals surface area (Å²) in [7, 11) is 0. The highest BCUT2D eigenvalue weighted by Gasteiger charge is 2.22. The van der Waals surface area contributed by atoms with Gasteiger partial charge in [-0.3, -0.25) is 4.98 Å². The van der Waals surface area contributed by atoms with Gasteiger partial charge in [-0.2, -0.15) is 0 Å². The molecule has 0 fully saturated rings. The third kappa shape index (κ3) is 3.08. The van der Waals surface area contributed by atoms with Crippen molar-refractivity contribution in [3.8, 4) is 5.75 Å². The second-order valence-corrected chi connectivity index (χ2v) is 5.71. The van der Waals surface area contributed by atoms with Gasteiger partial charge in [0.15, 0.2) is 0 Å². The van der Waals surface area contributed by atoms with Crippen LogP contribution in [0.15, 0.2) is 42.7 Å². The second-order valence-electron chi connectivity index (χ2n) is 5.71. The maximum atomic E-state index is 5.95. The van der Waals surface area contributed by atoms with Crippen LogP contribution in [0.2, 0.25) is 0 Å². The average molecular weight is 282 g/mol. The molecule has 0 amide bonds. The molecule has 0 radical (unpaired) electrons. The highest BCUT2D eigenvalue weighted by molar-refractivity contribution is 5.43. The van der Waals surface area contributed by atoms with E-state index in [1.165, 1.54) is 16.7 Å². The van der Waals surface area contributed by atoms with E-state index >= 15 is 0 Å². The highest BCUT2D eigenvalue weighted by Crippen LogP contribution is 2.35.